The molecule has 2 aromatic heterocycles. The molecule has 1 aromatic carbocycles. The van der Waals surface area contributed by atoms with Gasteiger partial charge in [-0.2, -0.15) is 0 Å². The first kappa shape index (κ1) is 18.4. The molecule has 1 saturated heterocycles. The summed E-state index contributed by atoms with van der Waals surface area (Å²) in [6.07, 6.45) is 4.56. The molecule has 0 bridgehead atoms. The van der Waals surface area contributed by atoms with E-state index in [1.165, 1.54) is 12.8 Å². The minimum Gasteiger partial charge on any atom is -0.379 e. The van der Waals surface area contributed by atoms with Crippen LogP contribution < -0.4 is 5.56 Å². The van der Waals surface area contributed by atoms with Crippen LogP contribution in [0.15, 0.2) is 29.1 Å². The molecule has 2 aliphatic rings. The molecule has 2 fully saturated rings. The number of aromatic nitrogens is 5. The van der Waals surface area contributed by atoms with Crippen molar-refractivity contribution < 1.29 is 4.74 Å². The Bertz CT molecular complexity index is 1060. The number of aromatic amines is 1. The van der Waals surface area contributed by atoms with E-state index >= 15 is 0 Å². The molecule has 1 aliphatic carbocycles. The fraction of sp³-hybridized carbons (Fsp3) is 0.524. The summed E-state index contributed by atoms with van der Waals surface area (Å²) in [6, 6.07) is 8.11. The number of benzene rings is 1. The lowest BCUT2D eigenvalue weighted by atomic mass is 10.0. The van der Waals surface area contributed by atoms with Crippen molar-refractivity contribution in [1.82, 2.24) is 30.1 Å². The minimum absolute atomic E-state index is 0.0844. The van der Waals surface area contributed by atoms with E-state index in [1.54, 1.807) is 0 Å². The summed E-state index contributed by atoms with van der Waals surface area (Å²) >= 11 is 0. The number of nitrogens with one attached hydrogen (secondary N) is 1. The van der Waals surface area contributed by atoms with Crippen LogP contribution in [-0.4, -0.2) is 56.4 Å². The van der Waals surface area contributed by atoms with Crippen molar-refractivity contribution in [2.24, 2.45) is 0 Å². The van der Waals surface area contributed by atoms with Crippen molar-refractivity contribution in [2.75, 3.05) is 26.3 Å². The third kappa shape index (κ3) is 3.47. The monoisotopic (exact) mass is 394 g/mol. The summed E-state index contributed by atoms with van der Waals surface area (Å²) in [4.78, 5) is 18.5. The molecule has 5 rings (SSSR count). The number of fused-ring (bicyclic) bond motifs is 1. The molecule has 0 spiro atoms. The average Bonchev–Trinajstić information content (AvgIpc) is 3.41. The van der Waals surface area contributed by atoms with Gasteiger partial charge in [0.25, 0.3) is 5.56 Å². The average molecular weight is 394 g/mol. The van der Waals surface area contributed by atoms with E-state index in [2.05, 4.69) is 38.4 Å². The SMILES string of the molecule is Cc1ccc2[nH]c(=O)c([C@@H](c3nnnn3C3CCCC3)N3CCOCC3)cc2c1. The zero-order chi connectivity index (χ0) is 19.8. The molecule has 0 amide bonds. The van der Waals surface area contributed by atoms with Gasteiger partial charge in [-0.1, -0.05) is 24.5 Å². The van der Waals surface area contributed by atoms with Gasteiger partial charge >= 0.3 is 0 Å². The second-order valence-electron chi connectivity index (χ2n) is 8.12. The standard InChI is InChI=1S/C21H26N6O2/c1-14-6-7-18-15(12-14)13-17(21(28)22-18)19(26-8-10-29-11-9-26)20-23-24-25-27(20)16-4-2-3-5-16/h6-7,12-13,16,19H,2-5,8-11H2,1H3,(H,22,28)/t19-/m0/s1. The van der Waals surface area contributed by atoms with Crippen LogP contribution in [-0.2, 0) is 4.74 Å². The summed E-state index contributed by atoms with van der Waals surface area (Å²) in [7, 11) is 0. The number of ether oxygens (including phenoxy) is 1. The van der Waals surface area contributed by atoms with Crippen molar-refractivity contribution in [3.05, 3.63) is 51.6 Å². The normalized spacial score (nSPS) is 19.8. The Hall–Kier alpha value is -2.58. The number of pyridine rings is 1. The number of morpholine rings is 1. The van der Waals surface area contributed by atoms with Crippen molar-refractivity contribution in [3.63, 3.8) is 0 Å². The Morgan fingerprint density at radius 1 is 1.17 bits per heavy atom. The maximum absolute atomic E-state index is 13.1. The summed E-state index contributed by atoms with van der Waals surface area (Å²) in [5, 5.41) is 13.8. The highest BCUT2D eigenvalue weighted by Gasteiger charge is 2.33. The lowest BCUT2D eigenvalue weighted by Crippen LogP contribution is -2.42. The fourth-order valence-electron chi connectivity index (χ4n) is 4.67. The van der Waals surface area contributed by atoms with E-state index in [0.717, 1.165) is 48.2 Å². The summed E-state index contributed by atoms with van der Waals surface area (Å²) in [5.74, 6) is 0.760. The van der Waals surface area contributed by atoms with E-state index < -0.39 is 0 Å². The smallest absolute Gasteiger partial charge is 0.253 e. The summed E-state index contributed by atoms with van der Waals surface area (Å²) in [5.41, 5.74) is 2.62. The molecule has 0 unspecified atom stereocenters. The molecule has 8 nitrogen and oxygen atoms in total. The second kappa shape index (κ2) is 7.68. The van der Waals surface area contributed by atoms with Gasteiger partial charge in [0.2, 0.25) is 0 Å². The highest BCUT2D eigenvalue weighted by atomic mass is 16.5. The van der Waals surface area contributed by atoms with Crippen LogP contribution >= 0.6 is 0 Å². The maximum atomic E-state index is 13.1. The minimum atomic E-state index is -0.289. The largest absolute Gasteiger partial charge is 0.379 e. The van der Waals surface area contributed by atoms with Gasteiger partial charge in [-0.3, -0.25) is 9.69 Å². The van der Waals surface area contributed by atoms with Crippen LogP contribution in [0.4, 0.5) is 0 Å². The van der Waals surface area contributed by atoms with Crippen molar-refractivity contribution in [1.29, 1.82) is 0 Å². The molecule has 0 radical (unpaired) electrons. The highest BCUT2D eigenvalue weighted by molar-refractivity contribution is 5.79. The molecular weight excluding hydrogens is 368 g/mol. The van der Waals surface area contributed by atoms with Crippen molar-refractivity contribution >= 4 is 10.9 Å². The molecule has 152 valence electrons. The van der Waals surface area contributed by atoms with Gasteiger partial charge < -0.3 is 9.72 Å². The van der Waals surface area contributed by atoms with Gasteiger partial charge in [-0.25, -0.2) is 4.68 Å². The van der Waals surface area contributed by atoms with Gasteiger partial charge in [0.15, 0.2) is 5.82 Å². The number of H-pyrrole nitrogens is 1. The molecule has 29 heavy (non-hydrogen) atoms. The van der Waals surface area contributed by atoms with E-state index in [1.807, 2.05) is 22.9 Å². The number of aryl methyl sites for hydroxylation is 1. The summed E-state index contributed by atoms with van der Waals surface area (Å²) in [6.45, 7) is 4.84. The van der Waals surface area contributed by atoms with Crippen LogP contribution in [0.25, 0.3) is 10.9 Å². The van der Waals surface area contributed by atoms with Gasteiger partial charge in [-0.05, 0) is 53.8 Å². The number of hydrogen-bond donors (Lipinski definition) is 1. The van der Waals surface area contributed by atoms with Crippen LogP contribution in [0.2, 0.25) is 0 Å². The second-order valence-corrected chi connectivity index (χ2v) is 8.12. The van der Waals surface area contributed by atoms with Crippen LogP contribution in [0.3, 0.4) is 0 Å². The molecule has 8 heteroatoms. The third-order valence-electron chi connectivity index (χ3n) is 6.17. The molecule has 1 atom stereocenters. The molecule has 1 saturated carbocycles. The molecule has 3 aromatic rings. The summed E-state index contributed by atoms with van der Waals surface area (Å²) < 4.78 is 7.53. The van der Waals surface area contributed by atoms with Crippen molar-refractivity contribution in [3.8, 4) is 0 Å². The Morgan fingerprint density at radius 2 is 1.97 bits per heavy atom. The van der Waals surface area contributed by atoms with Gasteiger partial charge in [0.1, 0.15) is 6.04 Å². The Labute approximate surface area is 168 Å². The number of nitrogens with zero attached hydrogens (tertiary/aromatic N) is 5. The van der Waals surface area contributed by atoms with Gasteiger partial charge in [-0.15, -0.1) is 5.10 Å². The van der Waals surface area contributed by atoms with Gasteiger partial charge in [0.05, 0.1) is 19.3 Å². The Morgan fingerprint density at radius 3 is 2.76 bits per heavy atom. The zero-order valence-corrected chi connectivity index (χ0v) is 16.7. The van der Waals surface area contributed by atoms with E-state index in [-0.39, 0.29) is 11.6 Å². The quantitative estimate of drug-likeness (QED) is 0.731. The first-order valence-electron chi connectivity index (χ1n) is 10.4. The van der Waals surface area contributed by atoms with Gasteiger partial charge in [0, 0.05) is 24.2 Å². The molecule has 1 aliphatic heterocycles. The van der Waals surface area contributed by atoms with Crippen LogP contribution in [0.1, 0.15) is 54.7 Å². The topological polar surface area (TPSA) is 88.9 Å². The van der Waals surface area contributed by atoms with Crippen molar-refractivity contribution in [2.45, 2.75) is 44.7 Å². The predicted octanol–water partition coefficient (Wildman–Crippen LogP) is 2.36. The molecule has 3 heterocycles. The fourth-order valence-corrected chi connectivity index (χ4v) is 4.67. The lowest BCUT2D eigenvalue weighted by Gasteiger charge is -2.34. The Balaban J connectivity index is 1.65. The highest BCUT2D eigenvalue weighted by Crippen LogP contribution is 2.34. The zero-order valence-electron chi connectivity index (χ0n) is 16.7. The van der Waals surface area contributed by atoms with Crippen LogP contribution in [0.5, 0.6) is 0 Å². The predicted molar refractivity (Wildman–Crippen MR) is 109 cm³/mol. The third-order valence-corrected chi connectivity index (χ3v) is 6.17. The van der Waals surface area contributed by atoms with E-state index in [4.69, 9.17) is 4.74 Å². The lowest BCUT2D eigenvalue weighted by molar-refractivity contribution is 0.0211. The van der Waals surface area contributed by atoms with Crippen LogP contribution in [0, 0.1) is 6.92 Å². The number of rotatable bonds is 4. The van der Waals surface area contributed by atoms with E-state index in [0.29, 0.717) is 24.8 Å². The number of tetrazole rings is 1. The first-order valence-corrected chi connectivity index (χ1v) is 10.4. The number of hydrogen-bond acceptors (Lipinski definition) is 6. The van der Waals surface area contributed by atoms with E-state index in [9.17, 15) is 4.79 Å². The molecule has 1 N–H and O–H groups in total. The maximum Gasteiger partial charge on any atom is 0.253 e. The first-order chi connectivity index (χ1) is 14.2. The Kier molecular flexibility index (Phi) is 4.89. The molecular formula is C21H26N6O2.